The van der Waals surface area contributed by atoms with E-state index in [1.165, 1.54) is 6.08 Å². The maximum atomic E-state index is 10.4. The lowest BCUT2D eigenvalue weighted by molar-refractivity contribution is -0.137. The largest absolute Gasteiger partial charge is 0.481 e. The number of carbonyl (C=O) groups is 1. The van der Waals surface area contributed by atoms with Gasteiger partial charge in [-0.3, -0.25) is 4.79 Å². The Morgan fingerprint density at radius 2 is 1.48 bits per heavy atom. The molecule has 136 valence electrons. The van der Waals surface area contributed by atoms with Gasteiger partial charge in [0.05, 0.1) is 18.3 Å². The molecule has 5 nitrogen and oxygen atoms in total. The normalized spacial score (nSPS) is 15.7. The monoisotopic (exact) mass is 330 g/mol. The standard InChI is InChI=1S/C18H34O5/c1-2-3-7-10-15(19)13-14-17(21)16(20)11-8-5-4-6-9-12-18(22)23/h13-17,19-21H,2-12H2,1H3,(H,22,23)/b14-13+/t15?,16-,17-/m1/s1. The Labute approximate surface area is 140 Å². The molecule has 3 atom stereocenters. The molecular weight excluding hydrogens is 296 g/mol. The lowest BCUT2D eigenvalue weighted by atomic mass is 10.0. The van der Waals surface area contributed by atoms with Gasteiger partial charge in [-0.05, 0) is 19.3 Å². The second kappa shape index (κ2) is 14.7. The second-order valence-corrected chi connectivity index (χ2v) is 6.21. The van der Waals surface area contributed by atoms with Crippen LogP contribution in [0.3, 0.4) is 0 Å². The first kappa shape index (κ1) is 22.1. The third-order valence-electron chi connectivity index (χ3n) is 3.92. The molecule has 0 fully saturated rings. The highest BCUT2D eigenvalue weighted by Gasteiger charge is 2.13. The zero-order valence-corrected chi connectivity index (χ0v) is 14.4. The van der Waals surface area contributed by atoms with Crippen LogP contribution < -0.4 is 0 Å². The summed E-state index contributed by atoms with van der Waals surface area (Å²) in [5, 5.41) is 37.9. The fraction of sp³-hybridized carbons (Fsp3) is 0.833. The Morgan fingerprint density at radius 3 is 2.13 bits per heavy atom. The van der Waals surface area contributed by atoms with Crippen LogP contribution in [-0.4, -0.2) is 44.7 Å². The number of carboxylic acid groups (broad SMARTS) is 1. The average Bonchev–Trinajstić information content (AvgIpc) is 2.51. The molecule has 0 aromatic heterocycles. The van der Waals surface area contributed by atoms with Gasteiger partial charge < -0.3 is 20.4 Å². The number of aliphatic hydroxyl groups excluding tert-OH is 3. The maximum Gasteiger partial charge on any atom is 0.303 e. The predicted octanol–water partition coefficient (Wildman–Crippen LogP) is 3.02. The van der Waals surface area contributed by atoms with Gasteiger partial charge in [0.25, 0.3) is 0 Å². The van der Waals surface area contributed by atoms with Crippen molar-refractivity contribution < 1.29 is 25.2 Å². The molecule has 0 aliphatic rings. The van der Waals surface area contributed by atoms with E-state index >= 15 is 0 Å². The van der Waals surface area contributed by atoms with E-state index in [1.807, 2.05) is 0 Å². The van der Waals surface area contributed by atoms with E-state index in [2.05, 4.69) is 6.92 Å². The molecule has 0 radical (unpaired) electrons. The van der Waals surface area contributed by atoms with Gasteiger partial charge in [-0.1, -0.05) is 64.0 Å². The minimum absolute atomic E-state index is 0.215. The van der Waals surface area contributed by atoms with Gasteiger partial charge in [-0.15, -0.1) is 0 Å². The fourth-order valence-electron chi connectivity index (χ4n) is 2.40. The van der Waals surface area contributed by atoms with Crippen molar-refractivity contribution in [2.75, 3.05) is 0 Å². The predicted molar refractivity (Wildman–Crippen MR) is 91.3 cm³/mol. The topological polar surface area (TPSA) is 98.0 Å². The summed E-state index contributed by atoms with van der Waals surface area (Å²) in [6, 6.07) is 0. The van der Waals surface area contributed by atoms with Gasteiger partial charge in [0.1, 0.15) is 0 Å². The number of rotatable bonds is 15. The fourth-order valence-corrected chi connectivity index (χ4v) is 2.40. The molecule has 0 saturated heterocycles. The van der Waals surface area contributed by atoms with E-state index in [0.717, 1.165) is 44.9 Å². The van der Waals surface area contributed by atoms with Gasteiger partial charge >= 0.3 is 5.97 Å². The Morgan fingerprint density at radius 1 is 0.870 bits per heavy atom. The van der Waals surface area contributed by atoms with Gasteiger partial charge in [-0.2, -0.15) is 0 Å². The van der Waals surface area contributed by atoms with E-state index in [9.17, 15) is 20.1 Å². The summed E-state index contributed by atoms with van der Waals surface area (Å²) in [6.07, 6.45) is 9.55. The van der Waals surface area contributed by atoms with Gasteiger partial charge in [0.15, 0.2) is 0 Å². The summed E-state index contributed by atoms with van der Waals surface area (Å²) < 4.78 is 0. The van der Waals surface area contributed by atoms with Crippen LogP contribution in [0.5, 0.6) is 0 Å². The molecule has 0 aliphatic heterocycles. The molecule has 23 heavy (non-hydrogen) atoms. The third kappa shape index (κ3) is 14.4. The first-order valence-electron chi connectivity index (χ1n) is 8.91. The lowest BCUT2D eigenvalue weighted by Crippen LogP contribution is -2.24. The third-order valence-corrected chi connectivity index (χ3v) is 3.92. The van der Waals surface area contributed by atoms with E-state index in [4.69, 9.17) is 5.11 Å². The smallest absolute Gasteiger partial charge is 0.303 e. The van der Waals surface area contributed by atoms with E-state index < -0.39 is 24.3 Å². The van der Waals surface area contributed by atoms with Gasteiger partial charge in [0, 0.05) is 6.42 Å². The number of aliphatic carboxylic acids is 1. The molecular formula is C18H34O5. The van der Waals surface area contributed by atoms with Crippen LogP contribution >= 0.6 is 0 Å². The Balaban J connectivity index is 3.68. The number of hydrogen-bond acceptors (Lipinski definition) is 4. The summed E-state index contributed by atoms with van der Waals surface area (Å²) in [6.45, 7) is 2.11. The highest BCUT2D eigenvalue weighted by molar-refractivity contribution is 5.66. The van der Waals surface area contributed by atoms with Crippen molar-refractivity contribution in [1.82, 2.24) is 0 Å². The Bertz CT molecular complexity index is 317. The molecule has 0 bridgehead atoms. The van der Waals surface area contributed by atoms with Crippen LogP contribution in [0.15, 0.2) is 12.2 Å². The molecule has 0 rings (SSSR count). The van der Waals surface area contributed by atoms with E-state index in [-0.39, 0.29) is 6.42 Å². The molecule has 0 amide bonds. The molecule has 0 spiro atoms. The summed E-state index contributed by atoms with van der Waals surface area (Å²) in [5.74, 6) is -0.757. The lowest BCUT2D eigenvalue weighted by Gasteiger charge is -2.15. The summed E-state index contributed by atoms with van der Waals surface area (Å²) in [7, 11) is 0. The number of aliphatic hydroxyl groups is 3. The summed E-state index contributed by atoms with van der Waals surface area (Å²) in [5.41, 5.74) is 0. The van der Waals surface area contributed by atoms with Crippen LogP contribution in [0.4, 0.5) is 0 Å². The van der Waals surface area contributed by atoms with Crippen LogP contribution in [0, 0.1) is 0 Å². The molecule has 4 N–H and O–H groups in total. The van der Waals surface area contributed by atoms with Crippen molar-refractivity contribution in [3.05, 3.63) is 12.2 Å². The molecule has 0 saturated carbocycles. The molecule has 0 aromatic rings. The highest BCUT2D eigenvalue weighted by Crippen LogP contribution is 2.12. The minimum Gasteiger partial charge on any atom is -0.481 e. The van der Waals surface area contributed by atoms with Crippen LogP contribution in [-0.2, 0) is 4.79 Å². The molecule has 1 unspecified atom stereocenters. The average molecular weight is 330 g/mol. The minimum atomic E-state index is -0.942. The summed E-state index contributed by atoms with van der Waals surface area (Å²) >= 11 is 0. The Hall–Kier alpha value is -0.910. The zero-order valence-electron chi connectivity index (χ0n) is 14.4. The Kier molecular flexibility index (Phi) is 14.1. The van der Waals surface area contributed by atoms with Crippen molar-refractivity contribution in [1.29, 1.82) is 0 Å². The first-order valence-corrected chi connectivity index (χ1v) is 8.91. The van der Waals surface area contributed by atoms with Crippen molar-refractivity contribution in [2.45, 2.75) is 95.9 Å². The number of unbranched alkanes of at least 4 members (excludes halogenated alkanes) is 6. The van der Waals surface area contributed by atoms with Crippen molar-refractivity contribution in [3.63, 3.8) is 0 Å². The number of carboxylic acids is 1. The SMILES string of the molecule is CCCCCC(O)/C=C/[C@@H](O)[C@H](O)CCCCCCCC(=O)O. The van der Waals surface area contributed by atoms with Crippen molar-refractivity contribution in [2.24, 2.45) is 0 Å². The van der Waals surface area contributed by atoms with Crippen LogP contribution in [0.1, 0.15) is 77.6 Å². The quantitative estimate of drug-likeness (QED) is 0.273. The zero-order chi connectivity index (χ0) is 17.5. The molecule has 0 aliphatic carbocycles. The van der Waals surface area contributed by atoms with Crippen LogP contribution in [0.2, 0.25) is 0 Å². The van der Waals surface area contributed by atoms with E-state index in [1.54, 1.807) is 6.08 Å². The van der Waals surface area contributed by atoms with E-state index in [0.29, 0.717) is 19.3 Å². The maximum absolute atomic E-state index is 10.4. The van der Waals surface area contributed by atoms with Crippen molar-refractivity contribution >= 4 is 5.97 Å². The molecule has 0 aromatic carbocycles. The molecule has 5 heteroatoms. The first-order chi connectivity index (χ1) is 11.0. The van der Waals surface area contributed by atoms with Gasteiger partial charge in [-0.25, -0.2) is 0 Å². The highest BCUT2D eigenvalue weighted by atomic mass is 16.4. The van der Waals surface area contributed by atoms with Crippen LogP contribution in [0.25, 0.3) is 0 Å². The second-order valence-electron chi connectivity index (χ2n) is 6.21. The summed E-state index contributed by atoms with van der Waals surface area (Å²) in [4.78, 5) is 10.4. The van der Waals surface area contributed by atoms with Crippen molar-refractivity contribution in [3.8, 4) is 0 Å². The van der Waals surface area contributed by atoms with Gasteiger partial charge in [0.2, 0.25) is 0 Å². The number of hydrogen-bond donors (Lipinski definition) is 4. The molecule has 0 heterocycles.